The Morgan fingerprint density at radius 1 is 1.03 bits per heavy atom. The van der Waals surface area contributed by atoms with Crippen LogP contribution >= 0.6 is 11.6 Å². The molecular formula is C26H27ClN6O6. The van der Waals surface area contributed by atoms with Gasteiger partial charge in [-0.15, -0.1) is 15.3 Å². The number of nitrogens with zero attached hydrogens (tertiary/aromatic N) is 6. The van der Waals surface area contributed by atoms with Crippen molar-refractivity contribution in [2.45, 2.75) is 26.4 Å². The molecule has 2 N–H and O–H groups in total. The van der Waals surface area contributed by atoms with Gasteiger partial charge in [-0.3, -0.25) is 14.9 Å². The Hall–Kier alpha value is -4.42. The van der Waals surface area contributed by atoms with Gasteiger partial charge >= 0.3 is 5.97 Å². The van der Waals surface area contributed by atoms with E-state index in [1.54, 1.807) is 24.3 Å². The summed E-state index contributed by atoms with van der Waals surface area (Å²) in [6.07, 6.45) is 0.666. The predicted molar refractivity (Wildman–Crippen MR) is 147 cm³/mol. The molecule has 39 heavy (non-hydrogen) atoms. The fraction of sp³-hybridized carbons (Fsp3) is 0.269. The third-order valence-corrected chi connectivity index (χ3v) is 5.95. The van der Waals surface area contributed by atoms with Gasteiger partial charge in [0, 0.05) is 49.0 Å². The Labute approximate surface area is 229 Å². The molecule has 3 aromatic carbocycles. The zero-order valence-electron chi connectivity index (χ0n) is 21.3. The monoisotopic (exact) mass is 554 g/mol. The molecule has 0 radical (unpaired) electrons. The van der Waals surface area contributed by atoms with Crippen molar-refractivity contribution in [2.24, 2.45) is 20.5 Å². The van der Waals surface area contributed by atoms with Crippen LogP contribution in [0.1, 0.15) is 25.3 Å². The van der Waals surface area contributed by atoms with Crippen molar-refractivity contribution in [1.82, 2.24) is 0 Å². The second-order valence-corrected chi connectivity index (χ2v) is 8.60. The van der Waals surface area contributed by atoms with Gasteiger partial charge in [0.2, 0.25) is 0 Å². The summed E-state index contributed by atoms with van der Waals surface area (Å²) in [6.45, 7) is 3.01. The van der Waals surface area contributed by atoms with Crippen LogP contribution in [0.15, 0.2) is 75.1 Å². The maximum absolute atomic E-state index is 10.9. The Morgan fingerprint density at radius 2 is 1.72 bits per heavy atom. The predicted octanol–water partition coefficient (Wildman–Crippen LogP) is 7.27. The van der Waals surface area contributed by atoms with Gasteiger partial charge in [0.05, 0.1) is 35.0 Å². The number of anilines is 1. The van der Waals surface area contributed by atoms with Crippen LogP contribution in [0.4, 0.5) is 34.1 Å². The highest BCUT2D eigenvalue weighted by Gasteiger charge is 2.12. The van der Waals surface area contributed by atoms with E-state index in [0.717, 1.165) is 12.2 Å². The van der Waals surface area contributed by atoms with E-state index in [1.807, 2.05) is 19.1 Å². The molecule has 0 fully saturated rings. The first kappa shape index (κ1) is 29.1. The highest BCUT2D eigenvalue weighted by molar-refractivity contribution is 6.33. The van der Waals surface area contributed by atoms with Gasteiger partial charge in [-0.2, -0.15) is 5.11 Å². The van der Waals surface area contributed by atoms with Crippen LogP contribution in [-0.4, -0.2) is 41.3 Å². The van der Waals surface area contributed by atoms with E-state index < -0.39 is 10.9 Å². The number of aliphatic carboxylic acids is 1. The molecule has 0 saturated heterocycles. The van der Waals surface area contributed by atoms with E-state index >= 15 is 0 Å². The second-order valence-electron chi connectivity index (χ2n) is 8.20. The number of aliphatic hydroxyl groups is 1. The van der Waals surface area contributed by atoms with Crippen LogP contribution in [0.3, 0.4) is 0 Å². The van der Waals surface area contributed by atoms with Crippen LogP contribution in [0.5, 0.6) is 5.75 Å². The molecule has 13 heteroatoms. The number of ether oxygens (including phenoxy) is 1. The highest BCUT2D eigenvalue weighted by Crippen LogP contribution is 2.38. The van der Waals surface area contributed by atoms with Crippen molar-refractivity contribution in [3.8, 4) is 5.75 Å². The molecule has 12 nitrogen and oxygen atoms in total. The number of hydrogen-bond donors (Lipinski definition) is 2. The average Bonchev–Trinajstić information content (AvgIpc) is 2.93. The quantitative estimate of drug-likeness (QED) is 0.127. The summed E-state index contributed by atoms with van der Waals surface area (Å²) in [5.74, 6) is -0.474. The zero-order valence-corrected chi connectivity index (χ0v) is 22.1. The van der Waals surface area contributed by atoms with E-state index in [2.05, 4.69) is 25.4 Å². The lowest BCUT2D eigenvalue weighted by Gasteiger charge is -2.22. The van der Waals surface area contributed by atoms with Crippen molar-refractivity contribution < 1.29 is 24.7 Å². The third kappa shape index (κ3) is 8.03. The molecule has 0 aliphatic carbocycles. The van der Waals surface area contributed by atoms with Crippen molar-refractivity contribution in [3.05, 3.63) is 75.3 Å². The first-order valence-electron chi connectivity index (χ1n) is 11.9. The van der Waals surface area contributed by atoms with E-state index in [0.29, 0.717) is 41.3 Å². The maximum atomic E-state index is 10.9. The molecule has 0 unspecified atom stereocenters. The lowest BCUT2D eigenvalue weighted by molar-refractivity contribution is -0.384. The van der Waals surface area contributed by atoms with Crippen LogP contribution in [0.25, 0.3) is 0 Å². The molecule has 204 valence electrons. The molecular weight excluding hydrogens is 528 g/mol. The van der Waals surface area contributed by atoms with Crippen molar-refractivity contribution in [1.29, 1.82) is 0 Å². The fourth-order valence-electron chi connectivity index (χ4n) is 3.59. The van der Waals surface area contributed by atoms with Gasteiger partial charge in [-0.05, 0) is 49.7 Å². The molecule has 3 rings (SSSR count). The number of carboxylic acid groups (broad SMARTS) is 1. The molecule has 0 amide bonds. The SMILES string of the molecule is CCN(CCCC(=O)O)c1ccc(N=Nc2cc(CO)c(N=Nc3ccc([N+](=O)[O-])cc3Cl)cc2OC)cc1. The van der Waals surface area contributed by atoms with Crippen LogP contribution in [0, 0.1) is 10.1 Å². The minimum absolute atomic E-state index is 0.0595. The lowest BCUT2D eigenvalue weighted by atomic mass is 10.1. The van der Waals surface area contributed by atoms with E-state index in [1.165, 1.54) is 25.3 Å². The molecule has 0 atom stereocenters. The van der Waals surface area contributed by atoms with E-state index in [9.17, 15) is 20.0 Å². The Balaban J connectivity index is 1.79. The Morgan fingerprint density at radius 3 is 2.31 bits per heavy atom. The number of nitro groups is 1. The van der Waals surface area contributed by atoms with Gasteiger partial charge in [-0.1, -0.05) is 11.6 Å². The summed E-state index contributed by atoms with van der Waals surface area (Å²) in [4.78, 5) is 23.2. The molecule has 0 saturated carbocycles. The number of non-ortho nitro benzene ring substituents is 1. The van der Waals surface area contributed by atoms with Gasteiger partial charge in [0.25, 0.3) is 5.69 Å². The summed E-state index contributed by atoms with van der Waals surface area (Å²) in [5, 5.41) is 46.4. The average molecular weight is 555 g/mol. The maximum Gasteiger partial charge on any atom is 0.303 e. The summed E-state index contributed by atoms with van der Waals surface area (Å²) in [6, 6.07) is 14.3. The molecule has 0 heterocycles. The lowest BCUT2D eigenvalue weighted by Crippen LogP contribution is -2.24. The number of benzene rings is 3. The molecule has 0 bridgehead atoms. The number of carboxylic acids is 1. The number of rotatable bonds is 13. The molecule has 3 aromatic rings. The van der Waals surface area contributed by atoms with Gasteiger partial charge < -0.3 is 19.8 Å². The molecule has 0 aliphatic rings. The zero-order chi connectivity index (χ0) is 28.4. The van der Waals surface area contributed by atoms with Crippen LogP contribution < -0.4 is 9.64 Å². The smallest absolute Gasteiger partial charge is 0.303 e. The molecule has 0 aliphatic heterocycles. The van der Waals surface area contributed by atoms with Crippen LogP contribution in [-0.2, 0) is 11.4 Å². The standard InChI is InChI=1S/C26H27ClN6O6/c1-3-32(12-4-5-26(35)36)19-8-6-18(7-9-19)28-31-24-13-17(16-34)23(15-25(24)39-2)30-29-22-11-10-20(33(37)38)14-21(22)27/h6-11,13-15,34H,3-5,12,16H2,1-2H3,(H,35,36). The third-order valence-electron chi connectivity index (χ3n) is 5.65. The van der Waals surface area contributed by atoms with Gasteiger partial charge in [-0.25, -0.2) is 0 Å². The normalized spacial score (nSPS) is 11.3. The largest absolute Gasteiger partial charge is 0.494 e. The number of methoxy groups -OCH3 is 1. The Kier molecular flexibility index (Phi) is 10.4. The summed E-state index contributed by atoms with van der Waals surface area (Å²) >= 11 is 6.08. The highest BCUT2D eigenvalue weighted by atomic mass is 35.5. The Bertz CT molecular complexity index is 1380. The molecule has 0 aromatic heterocycles. The van der Waals surface area contributed by atoms with Crippen LogP contribution in [0.2, 0.25) is 5.02 Å². The summed E-state index contributed by atoms with van der Waals surface area (Å²) < 4.78 is 5.42. The number of halogens is 1. The topological polar surface area (TPSA) is 163 Å². The minimum Gasteiger partial charge on any atom is -0.494 e. The van der Waals surface area contributed by atoms with E-state index in [4.69, 9.17) is 21.4 Å². The number of carbonyl (C=O) groups is 1. The van der Waals surface area contributed by atoms with Crippen molar-refractivity contribution in [3.63, 3.8) is 0 Å². The first-order valence-corrected chi connectivity index (χ1v) is 12.3. The first-order chi connectivity index (χ1) is 18.7. The van der Waals surface area contributed by atoms with Gasteiger partial charge in [0.1, 0.15) is 17.1 Å². The number of hydrogen-bond acceptors (Lipinski definition) is 10. The minimum atomic E-state index is -0.813. The van der Waals surface area contributed by atoms with E-state index in [-0.39, 0.29) is 29.4 Å². The molecule has 0 spiro atoms. The summed E-state index contributed by atoms with van der Waals surface area (Å²) in [7, 11) is 1.46. The number of nitro benzene ring substituents is 1. The van der Waals surface area contributed by atoms with Gasteiger partial charge in [0.15, 0.2) is 0 Å². The van der Waals surface area contributed by atoms with Crippen molar-refractivity contribution in [2.75, 3.05) is 25.1 Å². The summed E-state index contributed by atoms with van der Waals surface area (Å²) in [5.41, 5.74) is 2.66. The second kappa shape index (κ2) is 13.9. The van der Waals surface area contributed by atoms with Crippen molar-refractivity contribution >= 4 is 51.7 Å². The number of aliphatic hydroxyl groups excluding tert-OH is 1. The number of azo groups is 2. The fourth-order valence-corrected chi connectivity index (χ4v) is 3.81.